The van der Waals surface area contributed by atoms with E-state index in [9.17, 15) is 4.79 Å². The van der Waals surface area contributed by atoms with Crippen molar-refractivity contribution in [1.29, 1.82) is 0 Å². The Kier molecular flexibility index (Phi) is 6.66. The maximum Gasteiger partial charge on any atom is 0.244 e. The smallest absolute Gasteiger partial charge is 0.244 e. The molecule has 0 atom stereocenters. The number of benzene rings is 1. The van der Waals surface area contributed by atoms with E-state index in [0.29, 0.717) is 27.3 Å². The first-order valence-electron chi connectivity index (χ1n) is 10.4. The number of hydrogen-bond acceptors (Lipinski definition) is 7. The van der Waals surface area contributed by atoms with Crippen molar-refractivity contribution < 1.29 is 14.3 Å². The van der Waals surface area contributed by atoms with Gasteiger partial charge in [0.25, 0.3) is 0 Å². The molecule has 0 bridgehead atoms. The molecule has 2 aliphatic rings. The van der Waals surface area contributed by atoms with Gasteiger partial charge in [-0.3, -0.25) is 4.79 Å². The van der Waals surface area contributed by atoms with Crippen LogP contribution in [0.5, 0.6) is 11.5 Å². The fourth-order valence-corrected chi connectivity index (χ4v) is 4.89. The van der Waals surface area contributed by atoms with Crippen molar-refractivity contribution in [3.05, 3.63) is 23.5 Å². The van der Waals surface area contributed by atoms with Crippen LogP contribution in [0.3, 0.4) is 0 Å². The number of carbonyl (C=O) groups is 1. The number of carbonyl (C=O) groups excluding carboxylic acids is 1. The van der Waals surface area contributed by atoms with Gasteiger partial charge in [0.1, 0.15) is 24.4 Å². The van der Waals surface area contributed by atoms with Gasteiger partial charge < -0.3 is 24.6 Å². The number of methoxy groups -OCH3 is 2. The van der Waals surface area contributed by atoms with Crippen LogP contribution in [0.1, 0.15) is 19.3 Å². The predicted octanol–water partition coefficient (Wildman–Crippen LogP) is 2.06. The molecule has 0 aliphatic carbocycles. The summed E-state index contributed by atoms with van der Waals surface area (Å²) in [6, 6.07) is 3.49. The molecule has 2 fully saturated rings. The van der Waals surface area contributed by atoms with Crippen LogP contribution in [0.2, 0.25) is 5.02 Å². The Bertz CT molecular complexity index is 980. The van der Waals surface area contributed by atoms with Crippen LogP contribution in [0.4, 0.5) is 5.69 Å². The topological polar surface area (TPSA) is 97.6 Å². The Morgan fingerprint density at radius 1 is 1.16 bits per heavy atom. The van der Waals surface area contributed by atoms with Crippen LogP contribution in [-0.4, -0.2) is 81.4 Å². The van der Waals surface area contributed by atoms with Crippen molar-refractivity contribution >= 4 is 40.5 Å². The lowest BCUT2D eigenvalue weighted by Crippen LogP contribution is -2.46. The minimum atomic E-state index is 0.0444. The standard InChI is InChI=1S/C20H26ClN7O3S/c1-30-16-10-15(17(31-2)9-14(16)21)23-19(32)27-8-5-20(12-27)3-6-26(7-4-20)18(29)11-28-13-22-24-25-28/h9-10,13H,3-8,11-12H2,1-2H3,(H,23,32). The van der Waals surface area contributed by atoms with Gasteiger partial charge in [0, 0.05) is 38.3 Å². The molecule has 172 valence electrons. The summed E-state index contributed by atoms with van der Waals surface area (Å²) < 4.78 is 12.2. The van der Waals surface area contributed by atoms with Crippen LogP contribution in [0, 0.1) is 5.41 Å². The van der Waals surface area contributed by atoms with Crippen molar-refractivity contribution in [3.8, 4) is 11.5 Å². The second-order valence-electron chi connectivity index (χ2n) is 8.18. The van der Waals surface area contributed by atoms with Gasteiger partial charge in [-0.25, -0.2) is 4.68 Å². The van der Waals surface area contributed by atoms with Gasteiger partial charge in [-0.1, -0.05) is 11.6 Å². The van der Waals surface area contributed by atoms with Gasteiger partial charge in [-0.15, -0.1) is 5.10 Å². The van der Waals surface area contributed by atoms with E-state index in [-0.39, 0.29) is 17.9 Å². The van der Waals surface area contributed by atoms with E-state index in [4.69, 9.17) is 33.3 Å². The molecule has 2 saturated heterocycles. The normalized spacial score (nSPS) is 17.5. The van der Waals surface area contributed by atoms with E-state index in [0.717, 1.165) is 45.4 Å². The third-order valence-corrected chi connectivity index (χ3v) is 6.96. The third-order valence-electron chi connectivity index (χ3n) is 6.31. The highest BCUT2D eigenvalue weighted by atomic mass is 35.5. The molecule has 0 saturated carbocycles. The summed E-state index contributed by atoms with van der Waals surface area (Å²) in [6.07, 6.45) is 4.40. The molecule has 3 heterocycles. The quantitative estimate of drug-likeness (QED) is 0.646. The molecule has 1 N–H and O–H groups in total. The van der Waals surface area contributed by atoms with E-state index in [1.807, 2.05) is 4.90 Å². The SMILES string of the molecule is COc1cc(NC(=S)N2CCC3(CCN(C(=O)Cn4cnnn4)CC3)C2)c(OC)cc1Cl. The molecule has 1 spiro atoms. The van der Waals surface area contributed by atoms with Gasteiger partial charge >= 0.3 is 0 Å². The third kappa shape index (κ3) is 4.73. The zero-order valence-electron chi connectivity index (χ0n) is 18.1. The Balaban J connectivity index is 1.34. The number of aromatic nitrogens is 4. The zero-order valence-corrected chi connectivity index (χ0v) is 19.7. The van der Waals surface area contributed by atoms with Gasteiger partial charge in [0.15, 0.2) is 5.11 Å². The van der Waals surface area contributed by atoms with Crippen LogP contribution < -0.4 is 14.8 Å². The number of anilines is 1. The molecule has 2 aromatic rings. The van der Waals surface area contributed by atoms with Crippen LogP contribution >= 0.6 is 23.8 Å². The summed E-state index contributed by atoms with van der Waals surface area (Å²) in [5.74, 6) is 1.19. The molecule has 12 heteroatoms. The molecular weight excluding hydrogens is 454 g/mol. The number of nitrogens with zero attached hydrogens (tertiary/aromatic N) is 6. The predicted molar refractivity (Wildman–Crippen MR) is 123 cm³/mol. The summed E-state index contributed by atoms with van der Waals surface area (Å²) in [7, 11) is 3.16. The van der Waals surface area contributed by atoms with Gasteiger partial charge in [-0.2, -0.15) is 0 Å². The lowest BCUT2D eigenvalue weighted by Gasteiger charge is -2.39. The van der Waals surface area contributed by atoms with E-state index in [1.165, 1.54) is 11.0 Å². The number of likely N-dealkylation sites (tertiary alicyclic amines) is 2. The van der Waals surface area contributed by atoms with E-state index >= 15 is 0 Å². The first-order valence-corrected chi connectivity index (χ1v) is 11.2. The minimum Gasteiger partial charge on any atom is -0.495 e. The summed E-state index contributed by atoms with van der Waals surface area (Å²) in [4.78, 5) is 16.6. The molecule has 1 aromatic heterocycles. The second kappa shape index (κ2) is 9.45. The monoisotopic (exact) mass is 479 g/mol. The number of halogens is 1. The fraction of sp³-hybridized carbons (Fsp3) is 0.550. The largest absolute Gasteiger partial charge is 0.495 e. The highest BCUT2D eigenvalue weighted by Gasteiger charge is 2.42. The zero-order chi connectivity index (χ0) is 22.7. The Morgan fingerprint density at radius 3 is 2.47 bits per heavy atom. The number of piperidine rings is 1. The van der Waals surface area contributed by atoms with Crippen LogP contribution in [0.25, 0.3) is 0 Å². The molecule has 1 aromatic carbocycles. The number of hydrogen-bond donors (Lipinski definition) is 1. The molecule has 0 radical (unpaired) electrons. The molecule has 32 heavy (non-hydrogen) atoms. The molecular formula is C20H26ClN7O3S. The summed E-state index contributed by atoms with van der Waals surface area (Å²) in [6.45, 7) is 3.37. The van der Waals surface area contributed by atoms with Crippen LogP contribution in [-0.2, 0) is 11.3 Å². The summed E-state index contributed by atoms with van der Waals surface area (Å²) in [5, 5.41) is 15.3. The van der Waals surface area contributed by atoms with E-state index < -0.39 is 0 Å². The lowest BCUT2D eigenvalue weighted by atomic mass is 9.78. The maximum atomic E-state index is 12.5. The lowest BCUT2D eigenvalue weighted by molar-refractivity contribution is -0.134. The molecule has 0 unspecified atom stereocenters. The minimum absolute atomic E-state index is 0.0444. The number of amides is 1. The summed E-state index contributed by atoms with van der Waals surface area (Å²) >= 11 is 11.9. The highest BCUT2D eigenvalue weighted by Crippen LogP contribution is 2.41. The number of ether oxygens (including phenoxy) is 2. The number of thiocarbonyl (C=S) groups is 1. The number of tetrazole rings is 1. The fourth-order valence-electron chi connectivity index (χ4n) is 4.39. The van der Waals surface area contributed by atoms with Crippen molar-refractivity contribution in [2.45, 2.75) is 25.8 Å². The van der Waals surface area contributed by atoms with Crippen molar-refractivity contribution in [2.24, 2.45) is 5.41 Å². The Hall–Kier alpha value is -2.66. The Morgan fingerprint density at radius 2 is 1.84 bits per heavy atom. The Labute approximate surface area is 196 Å². The van der Waals surface area contributed by atoms with Crippen molar-refractivity contribution in [2.75, 3.05) is 45.7 Å². The highest BCUT2D eigenvalue weighted by molar-refractivity contribution is 7.80. The van der Waals surface area contributed by atoms with Gasteiger partial charge in [0.2, 0.25) is 5.91 Å². The molecule has 2 aliphatic heterocycles. The number of nitrogens with one attached hydrogen (secondary N) is 1. The summed E-state index contributed by atoms with van der Waals surface area (Å²) in [5.41, 5.74) is 0.877. The number of rotatable bonds is 5. The maximum absolute atomic E-state index is 12.5. The average molecular weight is 480 g/mol. The second-order valence-corrected chi connectivity index (χ2v) is 8.97. The van der Waals surface area contributed by atoms with Crippen LogP contribution in [0.15, 0.2) is 18.5 Å². The van der Waals surface area contributed by atoms with E-state index in [2.05, 4.69) is 25.7 Å². The molecule has 4 rings (SSSR count). The van der Waals surface area contributed by atoms with E-state index in [1.54, 1.807) is 26.4 Å². The first-order chi connectivity index (χ1) is 15.4. The van der Waals surface area contributed by atoms with Gasteiger partial charge in [0.05, 0.1) is 24.9 Å². The molecule has 10 nitrogen and oxygen atoms in total. The van der Waals surface area contributed by atoms with Crippen molar-refractivity contribution in [1.82, 2.24) is 30.0 Å². The first kappa shape index (κ1) is 22.5. The average Bonchev–Trinajstić information content (AvgIpc) is 3.45. The van der Waals surface area contributed by atoms with Gasteiger partial charge in [-0.05, 0) is 47.3 Å². The van der Waals surface area contributed by atoms with Crippen molar-refractivity contribution in [3.63, 3.8) is 0 Å². The molecule has 1 amide bonds.